The average molecular weight is 369 g/mol. The van der Waals surface area contributed by atoms with E-state index in [0.717, 1.165) is 21.8 Å². The molecule has 0 aliphatic carbocycles. The van der Waals surface area contributed by atoms with Gasteiger partial charge in [-0.1, -0.05) is 35.9 Å². The van der Waals surface area contributed by atoms with Gasteiger partial charge in [-0.25, -0.2) is 9.67 Å². The highest BCUT2D eigenvalue weighted by Crippen LogP contribution is 2.35. The summed E-state index contributed by atoms with van der Waals surface area (Å²) >= 11 is 0. The summed E-state index contributed by atoms with van der Waals surface area (Å²) < 4.78 is 7.62. The summed E-state index contributed by atoms with van der Waals surface area (Å²) in [6.45, 7) is 2.37. The molecule has 6 nitrogen and oxygen atoms in total. The van der Waals surface area contributed by atoms with Gasteiger partial charge >= 0.3 is 0 Å². The second-order valence-corrected chi connectivity index (χ2v) is 7.45. The van der Waals surface area contributed by atoms with E-state index in [9.17, 15) is 0 Å². The maximum atomic E-state index is 5.81. The third kappa shape index (κ3) is 3.80. The van der Waals surface area contributed by atoms with Gasteiger partial charge in [0, 0.05) is 0 Å². The van der Waals surface area contributed by atoms with Crippen molar-refractivity contribution < 1.29 is 4.74 Å². The smallest absolute Gasteiger partial charge is 0.221 e. The number of nitrogens with one attached hydrogen (secondary N) is 1. The molecular formula is C17H15N5OS2. The Labute approximate surface area is 153 Å². The Balaban J connectivity index is 1.49. The predicted octanol–water partition coefficient (Wildman–Crippen LogP) is 4.15. The van der Waals surface area contributed by atoms with Crippen LogP contribution in [0.4, 0.5) is 5.69 Å². The molecule has 126 valence electrons. The molecule has 1 aliphatic heterocycles. The molecule has 3 aromatic rings. The molecule has 0 radical (unpaired) electrons. The third-order valence-electron chi connectivity index (χ3n) is 3.48. The van der Waals surface area contributed by atoms with Gasteiger partial charge < -0.3 is 4.74 Å². The van der Waals surface area contributed by atoms with Crippen LogP contribution in [-0.2, 0) is 6.61 Å². The average Bonchev–Trinajstić information content (AvgIpc) is 3.04. The standard InChI is InChI=1S/C17H15N5OS2/c1-12-7-9-14(10-8-12)23-11-15-19-20-17-22(15)21-16(24-25-17)18-13-5-3-2-4-6-13/h2-10H,11H2,1H3,(H,18,21). The Morgan fingerprint density at radius 3 is 2.64 bits per heavy atom. The highest BCUT2D eigenvalue weighted by molar-refractivity contribution is 8.82. The Kier molecular flexibility index (Phi) is 4.62. The molecule has 0 saturated carbocycles. The number of hydrogen-bond donors (Lipinski definition) is 1. The van der Waals surface area contributed by atoms with E-state index >= 15 is 0 Å². The van der Waals surface area contributed by atoms with Gasteiger partial charge in [-0.15, -0.1) is 10.2 Å². The number of nitrogens with zero attached hydrogens (tertiary/aromatic N) is 4. The number of para-hydroxylation sites is 1. The van der Waals surface area contributed by atoms with Crippen LogP contribution in [0, 0.1) is 6.92 Å². The highest BCUT2D eigenvalue weighted by Gasteiger charge is 2.21. The van der Waals surface area contributed by atoms with Gasteiger partial charge in [-0.05, 0) is 52.8 Å². The van der Waals surface area contributed by atoms with Crippen molar-refractivity contribution in [3.05, 3.63) is 66.0 Å². The molecule has 0 spiro atoms. The zero-order chi connectivity index (χ0) is 17.1. The minimum atomic E-state index is 0.326. The lowest BCUT2D eigenvalue weighted by Crippen LogP contribution is -2.26. The summed E-state index contributed by atoms with van der Waals surface area (Å²) in [6.07, 6.45) is 0. The van der Waals surface area contributed by atoms with Crippen LogP contribution in [0.25, 0.3) is 0 Å². The van der Waals surface area contributed by atoms with Crippen LogP contribution in [0.15, 0.2) is 64.7 Å². The lowest BCUT2D eigenvalue weighted by atomic mass is 10.2. The Morgan fingerprint density at radius 1 is 1.04 bits per heavy atom. The fourth-order valence-corrected chi connectivity index (χ4v) is 3.93. The van der Waals surface area contributed by atoms with Crippen molar-refractivity contribution in [3.8, 4) is 5.75 Å². The van der Waals surface area contributed by atoms with Crippen molar-refractivity contribution in [1.82, 2.24) is 14.9 Å². The van der Waals surface area contributed by atoms with E-state index in [1.807, 2.05) is 66.2 Å². The fraction of sp³-hybridized carbons (Fsp3) is 0.118. The van der Waals surface area contributed by atoms with Crippen molar-refractivity contribution >= 4 is 32.4 Å². The predicted molar refractivity (Wildman–Crippen MR) is 102 cm³/mol. The van der Waals surface area contributed by atoms with Crippen molar-refractivity contribution in [2.75, 3.05) is 5.43 Å². The van der Waals surface area contributed by atoms with Crippen molar-refractivity contribution in [2.24, 2.45) is 4.99 Å². The van der Waals surface area contributed by atoms with Gasteiger partial charge in [0.25, 0.3) is 0 Å². The maximum Gasteiger partial charge on any atom is 0.221 e. The molecule has 0 atom stereocenters. The number of fused-ring (bicyclic) bond motifs is 1. The lowest BCUT2D eigenvalue weighted by molar-refractivity contribution is 0.291. The molecule has 1 N–H and O–H groups in total. The third-order valence-corrected chi connectivity index (χ3v) is 5.49. The van der Waals surface area contributed by atoms with Crippen molar-refractivity contribution in [2.45, 2.75) is 18.7 Å². The van der Waals surface area contributed by atoms with E-state index in [0.29, 0.717) is 12.4 Å². The van der Waals surface area contributed by atoms with Gasteiger partial charge in [0.1, 0.15) is 12.4 Å². The number of amidine groups is 1. The van der Waals surface area contributed by atoms with Gasteiger partial charge in [-0.2, -0.15) is 0 Å². The van der Waals surface area contributed by atoms with E-state index < -0.39 is 0 Å². The summed E-state index contributed by atoms with van der Waals surface area (Å²) in [5.41, 5.74) is 5.34. The maximum absolute atomic E-state index is 5.81. The fourth-order valence-electron chi connectivity index (χ4n) is 2.20. The van der Waals surface area contributed by atoms with E-state index in [4.69, 9.17) is 4.74 Å². The lowest BCUT2D eigenvalue weighted by Gasteiger charge is -2.17. The molecular weight excluding hydrogens is 354 g/mol. The van der Waals surface area contributed by atoms with Gasteiger partial charge in [0.05, 0.1) is 5.69 Å². The summed E-state index contributed by atoms with van der Waals surface area (Å²) in [4.78, 5) is 4.60. The summed E-state index contributed by atoms with van der Waals surface area (Å²) in [5.74, 6) is 1.50. The molecule has 4 rings (SSSR count). The number of aryl methyl sites for hydroxylation is 1. The summed E-state index contributed by atoms with van der Waals surface area (Å²) in [6, 6.07) is 17.8. The molecule has 0 bridgehead atoms. The van der Waals surface area contributed by atoms with Gasteiger partial charge in [0.15, 0.2) is 11.0 Å². The largest absolute Gasteiger partial charge is 0.486 e. The van der Waals surface area contributed by atoms with Crippen molar-refractivity contribution in [1.29, 1.82) is 0 Å². The first-order valence-corrected chi connectivity index (χ1v) is 9.82. The van der Waals surface area contributed by atoms with Crippen LogP contribution < -0.4 is 10.2 Å². The van der Waals surface area contributed by atoms with E-state index in [2.05, 4.69) is 20.6 Å². The first-order chi connectivity index (χ1) is 12.3. The first-order valence-electron chi connectivity index (χ1n) is 7.67. The highest BCUT2D eigenvalue weighted by atomic mass is 33.1. The van der Waals surface area contributed by atoms with Gasteiger partial charge in [0.2, 0.25) is 5.16 Å². The van der Waals surface area contributed by atoms with Crippen LogP contribution in [-0.4, -0.2) is 20.0 Å². The molecule has 0 amide bonds. The number of benzene rings is 2. The van der Waals surface area contributed by atoms with E-state index in [1.54, 1.807) is 0 Å². The molecule has 0 saturated heterocycles. The Hall–Kier alpha value is -2.45. The van der Waals surface area contributed by atoms with Crippen LogP contribution >= 0.6 is 21.6 Å². The number of aromatic nitrogens is 3. The summed E-state index contributed by atoms with van der Waals surface area (Å²) in [7, 11) is 3.04. The second-order valence-electron chi connectivity index (χ2n) is 5.37. The zero-order valence-electron chi connectivity index (χ0n) is 13.4. The van der Waals surface area contributed by atoms with Crippen LogP contribution in [0.2, 0.25) is 0 Å². The van der Waals surface area contributed by atoms with E-state index in [1.165, 1.54) is 27.2 Å². The topological polar surface area (TPSA) is 64.3 Å². The monoisotopic (exact) mass is 369 g/mol. The van der Waals surface area contributed by atoms with Crippen LogP contribution in [0.1, 0.15) is 11.4 Å². The van der Waals surface area contributed by atoms with Crippen LogP contribution in [0.5, 0.6) is 5.75 Å². The number of hydrogen-bond acceptors (Lipinski definition) is 6. The minimum absolute atomic E-state index is 0.326. The molecule has 8 heteroatoms. The normalized spacial score (nSPS) is 14.8. The molecule has 0 fully saturated rings. The molecule has 1 aliphatic rings. The number of rotatable bonds is 4. The van der Waals surface area contributed by atoms with Crippen LogP contribution in [0.3, 0.4) is 0 Å². The Morgan fingerprint density at radius 2 is 1.84 bits per heavy atom. The molecule has 1 aromatic heterocycles. The minimum Gasteiger partial charge on any atom is -0.486 e. The number of ether oxygens (including phenoxy) is 1. The second kappa shape index (κ2) is 7.20. The Bertz CT molecular complexity index is 893. The van der Waals surface area contributed by atoms with Crippen molar-refractivity contribution in [3.63, 3.8) is 0 Å². The zero-order valence-corrected chi connectivity index (χ0v) is 15.0. The molecule has 2 heterocycles. The van der Waals surface area contributed by atoms with E-state index in [-0.39, 0.29) is 0 Å². The molecule has 2 aromatic carbocycles. The number of aliphatic imine (C=N–C) groups is 1. The van der Waals surface area contributed by atoms with Gasteiger partial charge in [-0.3, -0.25) is 5.43 Å². The SMILES string of the molecule is Cc1ccc(OCc2nnc3n2NC(=Nc2ccccc2)SS3)cc1. The molecule has 0 unspecified atom stereocenters. The molecule has 25 heavy (non-hydrogen) atoms. The summed E-state index contributed by atoms with van der Waals surface area (Å²) in [5, 5.41) is 9.95. The first kappa shape index (κ1) is 16.0. The quantitative estimate of drug-likeness (QED) is 0.697.